The fourth-order valence-electron chi connectivity index (χ4n) is 3.11. The summed E-state index contributed by atoms with van der Waals surface area (Å²) >= 11 is 3.38. The Hall–Kier alpha value is -2.19. The Balaban J connectivity index is 1.69. The van der Waals surface area contributed by atoms with E-state index in [2.05, 4.69) is 26.9 Å². The third-order valence-corrected chi connectivity index (χ3v) is 4.91. The Labute approximate surface area is 148 Å². The molecular formula is C19H16BrFN2O. The number of benzene rings is 2. The molecule has 3 nitrogen and oxygen atoms in total. The number of hydrogen-bond acceptors (Lipinski definition) is 3. The standard InChI is InChI=1S/C19H16BrFN2O/c20-16-3-6-18(15(11-16)12-22)23-9-7-14(8-10-23)19(24)13-1-4-17(21)5-2-13/h1-6,11,14H,7-10H2. The van der Waals surface area contributed by atoms with Crippen molar-refractivity contribution in [3.8, 4) is 6.07 Å². The van der Waals surface area contributed by atoms with Gasteiger partial charge in [-0.3, -0.25) is 4.79 Å². The van der Waals surface area contributed by atoms with E-state index in [9.17, 15) is 14.4 Å². The molecule has 0 bridgehead atoms. The molecule has 1 aliphatic rings. The molecule has 1 fully saturated rings. The summed E-state index contributed by atoms with van der Waals surface area (Å²) in [5.74, 6) is -0.306. The molecule has 0 aliphatic carbocycles. The first-order valence-corrected chi connectivity index (χ1v) is 8.62. The van der Waals surface area contributed by atoms with E-state index in [1.807, 2.05) is 18.2 Å². The van der Waals surface area contributed by atoms with Crippen LogP contribution in [-0.4, -0.2) is 18.9 Å². The zero-order chi connectivity index (χ0) is 17.1. The number of rotatable bonds is 3. The van der Waals surface area contributed by atoms with Gasteiger partial charge in [-0.2, -0.15) is 5.26 Å². The monoisotopic (exact) mass is 386 g/mol. The Morgan fingerprint density at radius 1 is 1.17 bits per heavy atom. The molecule has 1 heterocycles. The quantitative estimate of drug-likeness (QED) is 0.726. The molecule has 0 saturated carbocycles. The van der Waals surface area contributed by atoms with Gasteiger partial charge in [0.05, 0.1) is 11.3 Å². The molecule has 2 aromatic carbocycles. The number of hydrogen-bond donors (Lipinski definition) is 0. The Morgan fingerprint density at radius 2 is 1.83 bits per heavy atom. The summed E-state index contributed by atoms with van der Waals surface area (Å²) in [6.45, 7) is 1.46. The maximum atomic E-state index is 13.0. The van der Waals surface area contributed by atoms with E-state index in [4.69, 9.17) is 0 Å². The van der Waals surface area contributed by atoms with E-state index < -0.39 is 0 Å². The lowest BCUT2D eigenvalue weighted by molar-refractivity contribution is 0.0900. The molecule has 0 spiro atoms. The zero-order valence-corrected chi connectivity index (χ0v) is 14.6. The van der Waals surface area contributed by atoms with Gasteiger partial charge >= 0.3 is 0 Å². The number of halogens is 2. The van der Waals surface area contributed by atoms with Gasteiger partial charge in [-0.25, -0.2) is 4.39 Å². The predicted octanol–water partition coefficient (Wildman–Crippen LogP) is 4.56. The van der Waals surface area contributed by atoms with Gasteiger partial charge in [-0.05, 0) is 55.3 Å². The molecule has 3 rings (SSSR count). The zero-order valence-electron chi connectivity index (χ0n) is 13.0. The van der Waals surface area contributed by atoms with E-state index in [-0.39, 0.29) is 17.5 Å². The fraction of sp³-hybridized carbons (Fsp3) is 0.263. The van der Waals surface area contributed by atoms with Crippen molar-refractivity contribution in [1.29, 1.82) is 5.26 Å². The molecule has 0 N–H and O–H groups in total. The summed E-state index contributed by atoms with van der Waals surface area (Å²) in [6.07, 6.45) is 1.47. The van der Waals surface area contributed by atoms with Gasteiger partial charge in [0.1, 0.15) is 11.9 Å². The second-order valence-electron chi connectivity index (χ2n) is 5.91. The van der Waals surface area contributed by atoms with Crippen molar-refractivity contribution in [3.05, 3.63) is 63.9 Å². The van der Waals surface area contributed by atoms with Crippen LogP contribution < -0.4 is 4.90 Å². The number of carbonyl (C=O) groups excluding carboxylic acids is 1. The van der Waals surface area contributed by atoms with Crippen LogP contribution in [0.5, 0.6) is 0 Å². The van der Waals surface area contributed by atoms with Gasteiger partial charge in [0.2, 0.25) is 0 Å². The molecule has 1 aliphatic heterocycles. The molecule has 2 aromatic rings. The minimum Gasteiger partial charge on any atom is -0.370 e. The summed E-state index contributed by atoms with van der Waals surface area (Å²) in [4.78, 5) is 14.7. The molecule has 0 atom stereocenters. The van der Waals surface area contributed by atoms with Crippen LogP contribution in [0.25, 0.3) is 0 Å². The SMILES string of the molecule is N#Cc1cc(Br)ccc1N1CCC(C(=O)c2ccc(F)cc2)CC1. The van der Waals surface area contributed by atoms with Crippen LogP contribution in [0.2, 0.25) is 0 Å². The molecular weight excluding hydrogens is 371 g/mol. The van der Waals surface area contributed by atoms with Crippen molar-refractivity contribution in [2.75, 3.05) is 18.0 Å². The van der Waals surface area contributed by atoms with Crippen LogP contribution in [0.4, 0.5) is 10.1 Å². The summed E-state index contributed by atoms with van der Waals surface area (Å²) in [7, 11) is 0. The van der Waals surface area contributed by atoms with Gasteiger partial charge in [0.25, 0.3) is 0 Å². The van der Waals surface area contributed by atoms with E-state index in [0.29, 0.717) is 11.1 Å². The van der Waals surface area contributed by atoms with Gasteiger partial charge in [-0.15, -0.1) is 0 Å². The van der Waals surface area contributed by atoms with Crippen LogP contribution >= 0.6 is 15.9 Å². The number of anilines is 1. The van der Waals surface area contributed by atoms with E-state index >= 15 is 0 Å². The predicted molar refractivity (Wildman–Crippen MR) is 94.5 cm³/mol. The first-order valence-electron chi connectivity index (χ1n) is 7.83. The topological polar surface area (TPSA) is 44.1 Å². The molecule has 0 unspecified atom stereocenters. The van der Waals surface area contributed by atoms with Crippen LogP contribution in [-0.2, 0) is 0 Å². The van der Waals surface area contributed by atoms with Crippen molar-refractivity contribution in [2.45, 2.75) is 12.8 Å². The summed E-state index contributed by atoms with van der Waals surface area (Å²) in [6, 6.07) is 13.6. The molecule has 122 valence electrons. The molecule has 24 heavy (non-hydrogen) atoms. The summed E-state index contributed by atoms with van der Waals surface area (Å²) in [5, 5.41) is 9.30. The Bertz CT molecular complexity index is 790. The minimum atomic E-state index is -0.333. The van der Waals surface area contributed by atoms with Crippen molar-refractivity contribution >= 4 is 27.4 Å². The number of piperidine rings is 1. The van der Waals surface area contributed by atoms with Crippen LogP contribution in [0, 0.1) is 23.1 Å². The summed E-state index contributed by atoms with van der Waals surface area (Å²) in [5.41, 5.74) is 2.11. The first-order chi connectivity index (χ1) is 11.6. The highest BCUT2D eigenvalue weighted by Crippen LogP contribution is 2.29. The van der Waals surface area contributed by atoms with E-state index in [1.165, 1.54) is 12.1 Å². The lowest BCUT2D eigenvalue weighted by Crippen LogP contribution is -2.36. The average molecular weight is 387 g/mol. The maximum absolute atomic E-state index is 13.0. The Morgan fingerprint density at radius 3 is 2.46 bits per heavy atom. The second kappa shape index (κ2) is 7.14. The van der Waals surface area contributed by atoms with Crippen molar-refractivity contribution in [2.24, 2.45) is 5.92 Å². The van der Waals surface area contributed by atoms with Gasteiger partial charge in [0.15, 0.2) is 5.78 Å². The Kier molecular flexibility index (Phi) is 4.96. The third kappa shape index (κ3) is 3.49. The van der Waals surface area contributed by atoms with Gasteiger partial charge in [0, 0.05) is 29.0 Å². The molecule has 0 aromatic heterocycles. The summed E-state index contributed by atoms with van der Waals surface area (Å²) < 4.78 is 13.9. The number of Topliss-reactive ketones (excluding diaryl/α,β-unsaturated/α-hetero) is 1. The number of nitriles is 1. The fourth-order valence-corrected chi connectivity index (χ4v) is 3.47. The average Bonchev–Trinajstić information content (AvgIpc) is 2.62. The smallest absolute Gasteiger partial charge is 0.166 e. The largest absolute Gasteiger partial charge is 0.370 e. The molecule has 0 radical (unpaired) electrons. The lowest BCUT2D eigenvalue weighted by atomic mass is 9.88. The number of ketones is 1. The maximum Gasteiger partial charge on any atom is 0.166 e. The van der Waals surface area contributed by atoms with E-state index in [1.54, 1.807) is 12.1 Å². The highest BCUT2D eigenvalue weighted by Gasteiger charge is 2.26. The van der Waals surface area contributed by atoms with Crippen molar-refractivity contribution < 1.29 is 9.18 Å². The molecule has 0 amide bonds. The van der Waals surface area contributed by atoms with Crippen molar-refractivity contribution in [3.63, 3.8) is 0 Å². The molecule has 1 saturated heterocycles. The van der Waals surface area contributed by atoms with Crippen LogP contribution in [0.3, 0.4) is 0 Å². The number of carbonyl (C=O) groups is 1. The highest BCUT2D eigenvalue weighted by atomic mass is 79.9. The highest BCUT2D eigenvalue weighted by molar-refractivity contribution is 9.10. The van der Waals surface area contributed by atoms with Crippen molar-refractivity contribution in [1.82, 2.24) is 0 Å². The first kappa shape index (κ1) is 16.7. The van der Waals surface area contributed by atoms with Gasteiger partial charge < -0.3 is 4.90 Å². The number of nitrogens with zero attached hydrogens (tertiary/aromatic N) is 2. The third-order valence-electron chi connectivity index (χ3n) is 4.41. The lowest BCUT2D eigenvalue weighted by Gasteiger charge is -2.33. The van der Waals surface area contributed by atoms with E-state index in [0.717, 1.165) is 36.1 Å². The van der Waals surface area contributed by atoms with Gasteiger partial charge in [-0.1, -0.05) is 15.9 Å². The second-order valence-corrected chi connectivity index (χ2v) is 6.82. The van der Waals surface area contributed by atoms with Crippen LogP contribution in [0.1, 0.15) is 28.8 Å². The normalized spacial score (nSPS) is 15.1. The minimum absolute atomic E-state index is 0.0484. The van der Waals surface area contributed by atoms with Crippen LogP contribution in [0.15, 0.2) is 46.9 Å². The molecule has 5 heteroatoms.